The van der Waals surface area contributed by atoms with Crippen molar-refractivity contribution in [2.45, 2.75) is 20.4 Å². The minimum absolute atomic E-state index is 0.152. The quantitative estimate of drug-likeness (QED) is 0.554. The summed E-state index contributed by atoms with van der Waals surface area (Å²) in [6.45, 7) is 4.14. The Labute approximate surface area is 192 Å². The Morgan fingerprint density at radius 1 is 0.879 bits per heavy atom. The lowest BCUT2D eigenvalue weighted by molar-refractivity contribution is -0.137. The molecule has 2 amide bonds. The number of ether oxygens (including phenoxy) is 2. The number of pyridine rings is 1. The average Bonchev–Trinajstić information content (AvgIpc) is 3.06. The summed E-state index contributed by atoms with van der Waals surface area (Å²) in [5.74, 6) is 0.362. The van der Waals surface area contributed by atoms with E-state index in [1.54, 1.807) is 49.8 Å². The van der Waals surface area contributed by atoms with Gasteiger partial charge in [0.05, 0.1) is 32.0 Å². The Morgan fingerprint density at radius 3 is 2.30 bits per heavy atom. The Hall–Kier alpha value is -4.13. The summed E-state index contributed by atoms with van der Waals surface area (Å²) in [4.78, 5) is 32.3. The molecule has 1 aromatic heterocycles. The van der Waals surface area contributed by atoms with Crippen molar-refractivity contribution in [1.29, 1.82) is 0 Å². The fourth-order valence-electron chi connectivity index (χ4n) is 3.71. The topological polar surface area (TPSA) is 80.8 Å². The molecule has 2 heterocycles. The molecule has 1 N–H and O–H groups in total. The number of benzene rings is 2. The Bertz CT molecular complexity index is 1250. The van der Waals surface area contributed by atoms with Crippen molar-refractivity contribution in [2.24, 2.45) is 0 Å². The molecule has 4 rings (SSSR count). The molecule has 33 heavy (non-hydrogen) atoms. The number of hydrogen-bond donors (Lipinski definition) is 1. The number of nitrogens with zero attached hydrogens (tertiary/aromatic N) is 2. The van der Waals surface area contributed by atoms with Gasteiger partial charge in [-0.05, 0) is 60.4 Å². The fourth-order valence-corrected chi connectivity index (χ4v) is 3.71. The van der Waals surface area contributed by atoms with Crippen molar-refractivity contribution in [1.82, 2.24) is 9.88 Å². The van der Waals surface area contributed by atoms with Crippen LogP contribution in [0.5, 0.6) is 11.5 Å². The van der Waals surface area contributed by atoms with Gasteiger partial charge in [-0.25, -0.2) is 0 Å². The first kappa shape index (κ1) is 22.1. The van der Waals surface area contributed by atoms with E-state index in [1.807, 2.05) is 32.0 Å². The van der Waals surface area contributed by atoms with Gasteiger partial charge in [0.1, 0.15) is 17.2 Å². The third-order valence-corrected chi connectivity index (χ3v) is 5.72. The van der Waals surface area contributed by atoms with E-state index in [4.69, 9.17) is 9.47 Å². The number of aromatic nitrogens is 1. The molecule has 0 fully saturated rings. The maximum atomic E-state index is 13.5. The molecule has 0 saturated carbocycles. The highest BCUT2D eigenvalue weighted by atomic mass is 16.5. The number of carbonyl (C=O) groups excluding carboxylic acids is 2. The fraction of sp³-hybridized carbons (Fsp3) is 0.192. The Morgan fingerprint density at radius 2 is 1.64 bits per heavy atom. The zero-order valence-electron chi connectivity index (χ0n) is 19.0. The first-order valence-corrected chi connectivity index (χ1v) is 10.5. The van der Waals surface area contributed by atoms with Crippen molar-refractivity contribution in [3.05, 3.63) is 88.9 Å². The number of aryl methyl sites for hydroxylation is 2. The summed E-state index contributed by atoms with van der Waals surface area (Å²) in [7, 11) is 3.11. The second kappa shape index (κ2) is 9.16. The Kier molecular flexibility index (Phi) is 6.13. The Balaban J connectivity index is 1.79. The van der Waals surface area contributed by atoms with Gasteiger partial charge >= 0.3 is 0 Å². The maximum absolute atomic E-state index is 13.5. The monoisotopic (exact) mass is 443 g/mol. The molecule has 3 aromatic rings. The van der Waals surface area contributed by atoms with Crippen molar-refractivity contribution < 1.29 is 19.1 Å². The maximum Gasteiger partial charge on any atom is 0.278 e. The standard InChI is InChI=1S/C26H25N3O4/c1-16-5-6-19(13-17(16)2)23-24(28-21-8-7-20(32-3)14-22(21)33-4)26(31)29(25(23)30)15-18-9-11-27-12-10-18/h5-14,28H,15H2,1-4H3. The predicted octanol–water partition coefficient (Wildman–Crippen LogP) is 4.11. The highest BCUT2D eigenvalue weighted by Gasteiger charge is 2.39. The van der Waals surface area contributed by atoms with Gasteiger partial charge in [-0.15, -0.1) is 0 Å². The summed E-state index contributed by atoms with van der Waals surface area (Å²) in [6.07, 6.45) is 3.28. The number of methoxy groups -OCH3 is 2. The number of imide groups is 1. The van der Waals surface area contributed by atoms with Gasteiger partial charge in [0.15, 0.2) is 0 Å². The van der Waals surface area contributed by atoms with Crippen LogP contribution in [0.3, 0.4) is 0 Å². The van der Waals surface area contributed by atoms with Gasteiger partial charge in [-0.3, -0.25) is 19.5 Å². The molecule has 0 unspecified atom stereocenters. The van der Waals surface area contributed by atoms with Crippen molar-refractivity contribution in [2.75, 3.05) is 19.5 Å². The summed E-state index contributed by atoms with van der Waals surface area (Å²) in [6, 6.07) is 14.6. The lowest BCUT2D eigenvalue weighted by Crippen LogP contribution is -2.32. The number of amides is 2. The molecular formula is C26H25N3O4. The average molecular weight is 444 g/mol. The summed E-state index contributed by atoms with van der Waals surface area (Å²) in [5.41, 5.74) is 4.74. The number of rotatable bonds is 7. The number of nitrogens with one attached hydrogen (secondary N) is 1. The highest BCUT2D eigenvalue weighted by Crippen LogP contribution is 2.36. The molecule has 0 saturated heterocycles. The van der Waals surface area contributed by atoms with Gasteiger partial charge in [-0.1, -0.05) is 18.2 Å². The number of anilines is 1. The number of hydrogen-bond acceptors (Lipinski definition) is 6. The van der Waals surface area contributed by atoms with Crippen LogP contribution in [-0.4, -0.2) is 35.9 Å². The third kappa shape index (κ3) is 4.30. The van der Waals surface area contributed by atoms with E-state index in [0.717, 1.165) is 16.7 Å². The largest absolute Gasteiger partial charge is 0.497 e. The van der Waals surface area contributed by atoms with E-state index in [0.29, 0.717) is 28.3 Å². The molecule has 7 nitrogen and oxygen atoms in total. The van der Waals surface area contributed by atoms with Crippen LogP contribution in [-0.2, 0) is 16.1 Å². The highest BCUT2D eigenvalue weighted by molar-refractivity contribution is 6.36. The van der Waals surface area contributed by atoms with Gasteiger partial charge in [0.25, 0.3) is 11.8 Å². The predicted molar refractivity (Wildman–Crippen MR) is 126 cm³/mol. The minimum atomic E-state index is -0.400. The van der Waals surface area contributed by atoms with E-state index in [2.05, 4.69) is 10.3 Å². The molecule has 2 aromatic carbocycles. The molecule has 1 aliphatic heterocycles. The van der Waals surface area contributed by atoms with Crippen LogP contribution in [0, 0.1) is 13.8 Å². The summed E-state index contributed by atoms with van der Waals surface area (Å²) < 4.78 is 10.7. The SMILES string of the molecule is COc1ccc(NC2=C(c3ccc(C)c(C)c3)C(=O)N(Cc3ccncc3)C2=O)c(OC)c1. The molecule has 0 spiro atoms. The van der Waals surface area contributed by atoms with Crippen LogP contribution >= 0.6 is 0 Å². The van der Waals surface area contributed by atoms with Crippen LogP contribution in [0.25, 0.3) is 5.57 Å². The molecule has 0 radical (unpaired) electrons. The van der Waals surface area contributed by atoms with E-state index < -0.39 is 5.91 Å². The van der Waals surface area contributed by atoms with Gasteiger partial charge in [0.2, 0.25) is 0 Å². The molecule has 0 aliphatic carbocycles. The first-order valence-electron chi connectivity index (χ1n) is 10.5. The molecule has 7 heteroatoms. The van der Waals surface area contributed by atoms with Gasteiger partial charge in [-0.2, -0.15) is 0 Å². The normalized spacial score (nSPS) is 13.5. The zero-order valence-corrected chi connectivity index (χ0v) is 19.0. The molecule has 1 aliphatic rings. The van der Waals surface area contributed by atoms with E-state index in [9.17, 15) is 9.59 Å². The zero-order chi connectivity index (χ0) is 23.5. The van der Waals surface area contributed by atoms with Crippen LogP contribution in [0.2, 0.25) is 0 Å². The van der Waals surface area contributed by atoms with E-state index in [-0.39, 0.29) is 18.1 Å². The third-order valence-electron chi connectivity index (χ3n) is 5.72. The first-order chi connectivity index (χ1) is 15.9. The smallest absolute Gasteiger partial charge is 0.278 e. The van der Waals surface area contributed by atoms with Crippen LogP contribution in [0.15, 0.2) is 66.6 Å². The van der Waals surface area contributed by atoms with Gasteiger partial charge < -0.3 is 14.8 Å². The summed E-state index contributed by atoms with van der Waals surface area (Å²) in [5, 5.41) is 3.16. The van der Waals surface area contributed by atoms with E-state index >= 15 is 0 Å². The van der Waals surface area contributed by atoms with Crippen LogP contribution in [0.1, 0.15) is 22.3 Å². The lowest BCUT2D eigenvalue weighted by Gasteiger charge is -2.16. The van der Waals surface area contributed by atoms with E-state index in [1.165, 1.54) is 12.0 Å². The van der Waals surface area contributed by atoms with Crippen molar-refractivity contribution >= 4 is 23.1 Å². The molecule has 0 atom stereocenters. The second-order valence-corrected chi connectivity index (χ2v) is 7.79. The minimum Gasteiger partial charge on any atom is -0.497 e. The second-order valence-electron chi connectivity index (χ2n) is 7.79. The molecule has 0 bridgehead atoms. The van der Waals surface area contributed by atoms with Gasteiger partial charge in [0, 0.05) is 18.5 Å². The number of carbonyl (C=O) groups is 2. The van der Waals surface area contributed by atoms with Crippen molar-refractivity contribution in [3.8, 4) is 11.5 Å². The van der Waals surface area contributed by atoms with Crippen LogP contribution < -0.4 is 14.8 Å². The molecule has 168 valence electrons. The van der Waals surface area contributed by atoms with Crippen molar-refractivity contribution in [3.63, 3.8) is 0 Å². The lowest BCUT2D eigenvalue weighted by atomic mass is 9.99. The van der Waals surface area contributed by atoms with Crippen LogP contribution in [0.4, 0.5) is 5.69 Å². The summed E-state index contributed by atoms with van der Waals surface area (Å²) >= 11 is 0. The molecular weight excluding hydrogens is 418 g/mol.